The summed E-state index contributed by atoms with van der Waals surface area (Å²) in [4.78, 5) is 32.0. The first-order valence-corrected chi connectivity index (χ1v) is 13.6. The Balaban J connectivity index is 1.40. The largest absolute Gasteiger partial charge is 0.390 e. The normalized spacial score (nSPS) is 50.4. The third-order valence-electron chi connectivity index (χ3n) is 11.2. The number of ketones is 2. The van der Waals surface area contributed by atoms with Crippen LogP contribution < -0.4 is 0 Å². The standard InChI is InChI=1S/C28H37F2NO5/c1-25-8-7-18(33)10-21(25)22(29)11-20-19-9-17-14-31(13-16-5-3-4-6-16)36-28(17,24(35)15-32)26(19,2)12-23(34)27(20,25)30/h7-8,10,16-17,19-20,22-23,32,34H,3-6,9,11-15H2,1-2H3/t17-,19-,20-,22-,23-,25-,26-,27-,28-/m0/s1. The minimum atomic E-state index is -2.19. The molecule has 9 atom stereocenters. The molecule has 6 rings (SSSR count). The molecular formula is C28H37F2NO5. The number of hydrogen-bond acceptors (Lipinski definition) is 6. The summed E-state index contributed by atoms with van der Waals surface area (Å²) in [6.45, 7) is 3.98. The molecule has 6 nitrogen and oxygen atoms in total. The number of alkyl halides is 2. The first-order chi connectivity index (χ1) is 17.0. The van der Waals surface area contributed by atoms with Crippen LogP contribution in [0.4, 0.5) is 8.78 Å². The minimum Gasteiger partial charge on any atom is -0.390 e. The Morgan fingerprint density at radius 1 is 1.22 bits per heavy atom. The predicted octanol–water partition coefficient (Wildman–Crippen LogP) is 3.27. The third-order valence-corrected chi connectivity index (χ3v) is 11.2. The van der Waals surface area contributed by atoms with Crippen molar-refractivity contribution in [3.05, 3.63) is 23.8 Å². The molecule has 1 saturated heterocycles. The number of allylic oxidation sites excluding steroid dienone is 4. The van der Waals surface area contributed by atoms with Crippen molar-refractivity contribution in [2.45, 2.75) is 82.3 Å². The number of nitrogens with zero attached hydrogens (tertiary/aromatic N) is 1. The third kappa shape index (κ3) is 2.90. The van der Waals surface area contributed by atoms with E-state index < -0.39 is 58.6 Å². The van der Waals surface area contributed by atoms with Crippen molar-refractivity contribution in [3.63, 3.8) is 0 Å². The van der Waals surface area contributed by atoms with Crippen LogP contribution in [0.25, 0.3) is 0 Å². The molecule has 198 valence electrons. The van der Waals surface area contributed by atoms with Gasteiger partial charge in [-0.05, 0) is 68.6 Å². The van der Waals surface area contributed by atoms with Crippen LogP contribution in [0, 0.1) is 34.5 Å². The van der Waals surface area contributed by atoms with Gasteiger partial charge in [-0.15, -0.1) is 0 Å². The summed E-state index contributed by atoms with van der Waals surface area (Å²) in [5.74, 6) is -1.85. The fraction of sp³-hybridized carbons (Fsp3) is 0.786. The molecule has 0 radical (unpaired) electrons. The average Bonchev–Trinajstić information content (AvgIpc) is 3.53. The van der Waals surface area contributed by atoms with E-state index in [2.05, 4.69) is 0 Å². The molecule has 0 aromatic heterocycles. The van der Waals surface area contributed by atoms with E-state index in [0.29, 0.717) is 25.4 Å². The van der Waals surface area contributed by atoms with Crippen LogP contribution in [0.3, 0.4) is 0 Å². The number of carbonyl (C=O) groups excluding carboxylic acids is 2. The molecule has 0 amide bonds. The first kappa shape index (κ1) is 24.8. The lowest BCUT2D eigenvalue weighted by molar-refractivity contribution is -0.269. The molecule has 0 bridgehead atoms. The van der Waals surface area contributed by atoms with Gasteiger partial charge >= 0.3 is 0 Å². The maximum absolute atomic E-state index is 17.4. The Kier molecular flexibility index (Phi) is 5.53. The van der Waals surface area contributed by atoms with Crippen molar-refractivity contribution < 1.29 is 33.4 Å². The van der Waals surface area contributed by atoms with Gasteiger partial charge in [0.2, 0.25) is 0 Å². The fourth-order valence-electron chi connectivity index (χ4n) is 9.53. The highest BCUT2D eigenvalue weighted by atomic mass is 19.1. The molecule has 36 heavy (non-hydrogen) atoms. The van der Waals surface area contributed by atoms with E-state index in [-0.39, 0.29) is 30.1 Å². The molecule has 5 aliphatic carbocycles. The van der Waals surface area contributed by atoms with Gasteiger partial charge in [-0.3, -0.25) is 14.4 Å². The van der Waals surface area contributed by atoms with Gasteiger partial charge in [0.15, 0.2) is 22.8 Å². The van der Waals surface area contributed by atoms with E-state index in [4.69, 9.17) is 4.84 Å². The van der Waals surface area contributed by atoms with Gasteiger partial charge in [0.1, 0.15) is 12.8 Å². The molecule has 4 saturated carbocycles. The molecule has 0 unspecified atom stereocenters. The molecule has 0 aromatic carbocycles. The van der Waals surface area contributed by atoms with E-state index in [9.17, 15) is 19.8 Å². The Labute approximate surface area is 210 Å². The molecule has 1 heterocycles. The summed E-state index contributed by atoms with van der Waals surface area (Å²) < 4.78 is 33.0. The molecule has 2 N–H and O–H groups in total. The number of aliphatic hydroxyl groups excluding tert-OH is 2. The van der Waals surface area contributed by atoms with E-state index in [0.717, 1.165) is 12.8 Å². The minimum absolute atomic E-state index is 0.0359. The van der Waals surface area contributed by atoms with Crippen LogP contribution in [-0.2, 0) is 14.4 Å². The van der Waals surface area contributed by atoms with Crippen LogP contribution in [0.15, 0.2) is 23.8 Å². The van der Waals surface area contributed by atoms with Gasteiger partial charge in [-0.1, -0.05) is 25.8 Å². The second-order valence-electron chi connectivity index (χ2n) is 12.7. The van der Waals surface area contributed by atoms with Crippen molar-refractivity contribution in [1.29, 1.82) is 0 Å². The number of aliphatic hydroxyl groups is 2. The van der Waals surface area contributed by atoms with Gasteiger partial charge in [-0.25, -0.2) is 8.78 Å². The predicted molar refractivity (Wildman–Crippen MR) is 127 cm³/mol. The molecule has 0 spiro atoms. The number of Topliss-reactive ketones (excluding diaryl/α,β-unsaturated/α-hetero) is 1. The SMILES string of the molecule is C[C@]12C=CC(=O)C=C1[C@@H](F)C[C@H]1[C@@H]3C[C@H]4CN(CC5CCCC5)O[C@@]4(C(=O)CO)[C@@]3(C)C[C@H](O)[C@@]12F. The highest BCUT2D eigenvalue weighted by Crippen LogP contribution is 2.72. The lowest BCUT2D eigenvalue weighted by Gasteiger charge is -2.63. The van der Waals surface area contributed by atoms with Crippen LogP contribution >= 0.6 is 0 Å². The lowest BCUT2D eigenvalue weighted by Crippen LogP contribution is -2.70. The lowest BCUT2D eigenvalue weighted by atomic mass is 9.44. The molecule has 0 aromatic rings. The van der Waals surface area contributed by atoms with Crippen molar-refractivity contribution >= 4 is 11.6 Å². The monoisotopic (exact) mass is 505 g/mol. The number of fused-ring (bicyclic) bond motifs is 7. The van der Waals surface area contributed by atoms with Crippen molar-refractivity contribution in [1.82, 2.24) is 5.06 Å². The maximum atomic E-state index is 17.4. The van der Waals surface area contributed by atoms with Gasteiger partial charge < -0.3 is 10.2 Å². The molecule has 1 aliphatic heterocycles. The van der Waals surface area contributed by atoms with Crippen molar-refractivity contribution in [2.75, 3.05) is 19.7 Å². The fourth-order valence-corrected chi connectivity index (χ4v) is 9.53. The van der Waals surface area contributed by atoms with Crippen molar-refractivity contribution in [3.8, 4) is 0 Å². The smallest absolute Gasteiger partial charge is 0.192 e. The average molecular weight is 506 g/mol. The second kappa shape index (κ2) is 8.01. The Hall–Kier alpha value is -1.48. The van der Waals surface area contributed by atoms with E-state index in [1.54, 1.807) is 6.92 Å². The van der Waals surface area contributed by atoms with Crippen LogP contribution in [0.1, 0.15) is 58.8 Å². The summed E-state index contributed by atoms with van der Waals surface area (Å²) in [6, 6.07) is 0. The quantitative estimate of drug-likeness (QED) is 0.610. The van der Waals surface area contributed by atoms with E-state index in [1.807, 2.05) is 12.0 Å². The number of rotatable bonds is 4. The topological polar surface area (TPSA) is 87.1 Å². The maximum Gasteiger partial charge on any atom is 0.192 e. The Morgan fingerprint density at radius 2 is 1.94 bits per heavy atom. The zero-order valence-corrected chi connectivity index (χ0v) is 21.1. The van der Waals surface area contributed by atoms with Crippen LogP contribution in [0.2, 0.25) is 0 Å². The van der Waals surface area contributed by atoms with Gasteiger partial charge in [0, 0.05) is 35.8 Å². The number of halogens is 2. The van der Waals surface area contributed by atoms with Crippen molar-refractivity contribution in [2.24, 2.45) is 34.5 Å². The molecule has 5 fully saturated rings. The van der Waals surface area contributed by atoms with E-state index in [1.165, 1.54) is 31.1 Å². The van der Waals surface area contributed by atoms with Gasteiger partial charge in [-0.2, -0.15) is 5.06 Å². The summed E-state index contributed by atoms with van der Waals surface area (Å²) >= 11 is 0. The van der Waals surface area contributed by atoms with Crippen LogP contribution in [-0.4, -0.2) is 70.1 Å². The molecular weight excluding hydrogens is 468 g/mol. The zero-order valence-electron chi connectivity index (χ0n) is 21.1. The van der Waals surface area contributed by atoms with Gasteiger partial charge in [0.25, 0.3) is 0 Å². The highest BCUT2D eigenvalue weighted by molar-refractivity contribution is 6.01. The Morgan fingerprint density at radius 3 is 2.64 bits per heavy atom. The summed E-state index contributed by atoms with van der Waals surface area (Å²) in [5, 5.41) is 23.4. The number of hydrogen-bond donors (Lipinski definition) is 2. The summed E-state index contributed by atoms with van der Waals surface area (Å²) in [6.07, 6.45) is 5.79. The van der Waals surface area contributed by atoms with Gasteiger partial charge in [0.05, 0.1) is 6.10 Å². The Bertz CT molecular complexity index is 1040. The number of carbonyl (C=O) groups is 2. The molecule has 6 aliphatic rings. The molecule has 8 heteroatoms. The van der Waals surface area contributed by atoms with Crippen LogP contribution in [0.5, 0.6) is 0 Å². The zero-order chi connectivity index (χ0) is 25.7. The summed E-state index contributed by atoms with van der Waals surface area (Å²) in [5.41, 5.74) is -5.88. The number of hydroxylamine groups is 2. The highest BCUT2D eigenvalue weighted by Gasteiger charge is 2.79. The first-order valence-electron chi connectivity index (χ1n) is 13.6. The second-order valence-corrected chi connectivity index (χ2v) is 12.7. The summed E-state index contributed by atoms with van der Waals surface area (Å²) in [7, 11) is 0. The van der Waals surface area contributed by atoms with E-state index >= 15 is 8.78 Å².